The van der Waals surface area contributed by atoms with Gasteiger partial charge in [0.25, 0.3) is 0 Å². The Balaban J connectivity index is 1.43. The lowest BCUT2D eigenvalue weighted by Gasteiger charge is -2.33. The van der Waals surface area contributed by atoms with Crippen LogP contribution in [0.15, 0.2) is 59.6 Å². The predicted octanol–water partition coefficient (Wildman–Crippen LogP) is 4.62. The lowest BCUT2D eigenvalue weighted by Crippen LogP contribution is -2.44. The number of hydrogen-bond donors (Lipinski definition) is 0. The fourth-order valence-electron chi connectivity index (χ4n) is 4.66. The van der Waals surface area contributed by atoms with Crippen LogP contribution in [0, 0.1) is 17.6 Å². The summed E-state index contributed by atoms with van der Waals surface area (Å²) >= 11 is 1.28. The molecule has 0 N–H and O–H groups in total. The standard InChI is InChI=1S/C27H26F2N4O5S2/c1-37-21-8-9-22(38-2)25-24(21)31-27(39-25)33(16-19-5-3-4-12-30-19)26(34)17-10-13-32(14-11-17)40(35,36)23-15-18(28)6-7-20(23)29/h3-9,12,15,17H,10-11,13-14,16H2,1-2H3. The number of anilines is 1. The minimum absolute atomic E-state index is 0.0202. The van der Waals surface area contributed by atoms with E-state index in [1.54, 1.807) is 42.5 Å². The number of carbonyl (C=O) groups excluding carboxylic acids is 1. The summed E-state index contributed by atoms with van der Waals surface area (Å²) in [7, 11) is -1.19. The number of carbonyl (C=O) groups is 1. The number of nitrogens with zero attached hydrogens (tertiary/aromatic N) is 4. The van der Waals surface area contributed by atoms with Crippen LogP contribution in [-0.2, 0) is 21.4 Å². The molecule has 3 heterocycles. The molecule has 0 unspecified atom stereocenters. The van der Waals surface area contributed by atoms with Crippen molar-refractivity contribution in [3.05, 3.63) is 72.1 Å². The first kappa shape index (κ1) is 27.9. The Hall–Kier alpha value is -3.68. The summed E-state index contributed by atoms with van der Waals surface area (Å²) in [6.07, 6.45) is 2.04. The lowest BCUT2D eigenvalue weighted by atomic mass is 9.96. The fraction of sp³-hybridized carbons (Fsp3) is 0.296. The van der Waals surface area contributed by atoms with Crippen molar-refractivity contribution >= 4 is 42.6 Å². The van der Waals surface area contributed by atoms with Crippen LogP contribution in [0.2, 0.25) is 0 Å². The number of piperidine rings is 1. The van der Waals surface area contributed by atoms with Gasteiger partial charge < -0.3 is 9.47 Å². The second-order valence-electron chi connectivity index (χ2n) is 9.14. The van der Waals surface area contributed by atoms with Crippen LogP contribution >= 0.6 is 11.3 Å². The first-order valence-electron chi connectivity index (χ1n) is 12.4. The highest BCUT2D eigenvalue weighted by molar-refractivity contribution is 7.89. The molecule has 1 aliphatic rings. The van der Waals surface area contributed by atoms with Gasteiger partial charge in [-0.25, -0.2) is 22.2 Å². The second-order valence-corrected chi connectivity index (χ2v) is 12.0. The van der Waals surface area contributed by atoms with Crippen molar-refractivity contribution < 1.29 is 31.5 Å². The first-order chi connectivity index (χ1) is 19.2. The Bertz CT molecular complexity index is 1600. The van der Waals surface area contributed by atoms with Crippen molar-refractivity contribution in [2.45, 2.75) is 24.3 Å². The maximum Gasteiger partial charge on any atom is 0.246 e. The van der Waals surface area contributed by atoms with Crippen LogP contribution in [0.25, 0.3) is 10.2 Å². The number of amides is 1. The minimum atomic E-state index is -4.27. The van der Waals surface area contributed by atoms with Crippen LogP contribution in [0.1, 0.15) is 18.5 Å². The van der Waals surface area contributed by atoms with E-state index < -0.39 is 32.5 Å². The van der Waals surface area contributed by atoms with E-state index in [2.05, 4.69) is 4.98 Å². The van der Waals surface area contributed by atoms with Gasteiger partial charge in [0.05, 0.1) is 26.5 Å². The summed E-state index contributed by atoms with van der Waals surface area (Å²) < 4.78 is 66.8. The summed E-state index contributed by atoms with van der Waals surface area (Å²) in [6, 6.07) is 11.2. The highest BCUT2D eigenvalue weighted by Gasteiger charge is 2.36. The van der Waals surface area contributed by atoms with E-state index in [1.165, 1.54) is 18.4 Å². The van der Waals surface area contributed by atoms with Crippen molar-refractivity contribution in [2.75, 3.05) is 32.2 Å². The molecule has 2 aromatic carbocycles. The molecule has 1 saturated heterocycles. The highest BCUT2D eigenvalue weighted by Crippen LogP contribution is 2.41. The third-order valence-electron chi connectivity index (χ3n) is 6.76. The number of hydrogen-bond acceptors (Lipinski definition) is 8. The van der Waals surface area contributed by atoms with Gasteiger partial charge in [0.2, 0.25) is 15.9 Å². The third-order valence-corrected chi connectivity index (χ3v) is 9.76. The number of aromatic nitrogens is 2. The van der Waals surface area contributed by atoms with Gasteiger partial charge >= 0.3 is 0 Å². The molecule has 1 fully saturated rings. The van der Waals surface area contributed by atoms with Gasteiger partial charge in [0.1, 0.15) is 38.2 Å². The number of rotatable bonds is 8. The Morgan fingerprint density at radius 1 is 1.07 bits per heavy atom. The molecule has 9 nitrogen and oxygen atoms in total. The zero-order valence-corrected chi connectivity index (χ0v) is 23.3. The topological polar surface area (TPSA) is 102 Å². The molecule has 4 aromatic rings. The van der Waals surface area contributed by atoms with Crippen LogP contribution < -0.4 is 14.4 Å². The molecule has 0 bridgehead atoms. The highest BCUT2D eigenvalue weighted by atomic mass is 32.2. The van der Waals surface area contributed by atoms with Gasteiger partial charge in [0, 0.05) is 25.2 Å². The number of thiazole rings is 1. The molecule has 0 radical (unpaired) electrons. The van der Waals surface area contributed by atoms with Crippen molar-refractivity contribution in [1.29, 1.82) is 0 Å². The van der Waals surface area contributed by atoms with Crippen LogP contribution in [-0.4, -0.2) is 55.9 Å². The average Bonchev–Trinajstić information content (AvgIpc) is 3.42. The number of methoxy groups -OCH3 is 2. The SMILES string of the molecule is COc1ccc(OC)c2sc(N(Cc3ccccn3)C(=O)C3CCN(S(=O)(=O)c4cc(F)ccc4F)CC3)nc12. The summed E-state index contributed by atoms with van der Waals surface area (Å²) in [6.45, 7) is 0.109. The van der Waals surface area contributed by atoms with E-state index in [-0.39, 0.29) is 38.4 Å². The van der Waals surface area contributed by atoms with E-state index >= 15 is 0 Å². The third kappa shape index (κ3) is 5.36. The van der Waals surface area contributed by atoms with Crippen molar-refractivity contribution in [3.63, 3.8) is 0 Å². The molecule has 1 aliphatic heterocycles. The molecule has 0 saturated carbocycles. The lowest BCUT2D eigenvalue weighted by molar-refractivity contribution is -0.123. The smallest absolute Gasteiger partial charge is 0.246 e. The first-order valence-corrected chi connectivity index (χ1v) is 14.7. The van der Waals surface area contributed by atoms with Gasteiger partial charge in [-0.2, -0.15) is 4.31 Å². The van der Waals surface area contributed by atoms with Crippen molar-refractivity contribution in [3.8, 4) is 11.5 Å². The van der Waals surface area contributed by atoms with Crippen molar-refractivity contribution in [2.24, 2.45) is 5.92 Å². The molecule has 1 amide bonds. The molecular weight excluding hydrogens is 562 g/mol. The summed E-state index contributed by atoms with van der Waals surface area (Å²) in [5.74, 6) is -1.51. The zero-order chi connectivity index (χ0) is 28.4. The Morgan fingerprint density at radius 2 is 1.80 bits per heavy atom. The van der Waals surface area contributed by atoms with Crippen LogP contribution in [0.3, 0.4) is 0 Å². The Kier molecular flexibility index (Phi) is 7.97. The quantitative estimate of drug-likeness (QED) is 0.296. The van der Waals surface area contributed by atoms with Gasteiger partial charge in [-0.1, -0.05) is 17.4 Å². The van der Waals surface area contributed by atoms with Crippen LogP contribution in [0.5, 0.6) is 11.5 Å². The molecule has 40 heavy (non-hydrogen) atoms. The minimum Gasteiger partial charge on any atom is -0.495 e. The molecule has 0 aliphatic carbocycles. The summed E-state index contributed by atoms with van der Waals surface area (Å²) in [5.41, 5.74) is 1.20. The molecular formula is C27H26F2N4O5S2. The predicted molar refractivity (Wildman–Crippen MR) is 146 cm³/mol. The van der Waals surface area contributed by atoms with Gasteiger partial charge in [-0.3, -0.25) is 14.7 Å². The van der Waals surface area contributed by atoms with Crippen molar-refractivity contribution in [1.82, 2.24) is 14.3 Å². The number of halogens is 2. The van der Waals surface area contributed by atoms with Gasteiger partial charge in [0.15, 0.2) is 5.13 Å². The molecule has 210 valence electrons. The van der Waals surface area contributed by atoms with E-state index in [0.717, 1.165) is 16.4 Å². The Morgan fingerprint density at radius 3 is 2.48 bits per heavy atom. The largest absolute Gasteiger partial charge is 0.495 e. The molecule has 0 atom stereocenters. The maximum atomic E-state index is 14.3. The number of benzene rings is 2. The maximum absolute atomic E-state index is 14.3. The fourth-order valence-corrected chi connectivity index (χ4v) is 7.29. The van der Waals surface area contributed by atoms with E-state index in [4.69, 9.17) is 14.5 Å². The van der Waals surface area contributed by atoms with Gasteiger partial charge in [-0.05, 0) is 55.3 Å². The molecule has 0 spiro atoms. The molecule has 5 rings (SSSR count). The number of sulfonamides is 1. The Labute approximate surface area is 234 Å². The van der Waals surface area contributed by atoms with E-state index in [1.807, 2.05) is 6.07 Å². The number of pyridine rings is 1. The molecule has 13 heteroatoms. The van der Waals surface area contributed by atoms with E-state index in [0.29, 0.717) is 38.6 Å². The second kappa shape index (κ2) is 11.4. The van der Waals surface area contributed by atoms with Gasteiger partial charge in [-0.15, -0.1) is 0 Å². The summed E-state index contributed by atoms with van der Waals surface area (Å²) in [5, 5.41) is 0.422. The monoisotopic (exact) mass is 588 g/mol. The summed E-state index contributed by atoms with van der Waals surface area (Å²) in [4.78, 5) is 23.9. The average molecular weight is 589 g/mol. The zero-order valence-electron chi connectivity index (χ0n) is 21.7. The van der Waals surface area contributed by atoms with E-state index in [9.17, 15) is 22.0 Å². The van der Waals surface area contributed by atoms with Crippen LogP contribution in [0.4, 0.5) is 13.9 Å². The number of ether oxygens (including phenoxy) is 2. The normalized spacial score (nSPS) is 14.8. The molecule has 2 aromatic heterocycles. The number of fused-ring (bicyclic) bond motifs is 1.